The molecule has 0 amide bonds. The van der Waals surface area contributed by atoms with Crippen LogP contribution in [0.25, 0.3) is 0 Å². The fourth-order valence-corrected chi connectivity index (χ4v) is 6.22. The van der Waals surface area contributed by atoms with E-state index in [1.165, 1.54) is 19.5 Å². The Morgan fingerprint density at radius 1 is 1.32 bits per heavy atom. The van der Waals surface area contributed by atoms with Gasteiger partial charge >= 0.3 is 5.97 Å². The van der Waals surface area contributed by atoms with E-state index in [4.69, 9.17) is 13.9 Å². The van der Waals surface area contributed by atoms with E-state index in [-0.39, 0.29) is 47.1 Å². The van der Waals surface area contributed by atoms with Crippen LogP contribution in [-0.2, 0) is 19.1 Å². The molecule has 3 fully saturated rings. The van der Waals surface area contributed by atoms with E-state index < -0.39 is 11.5 Å². The first kappa shape index (κ1) is 19.4. The molecule has 7 atom stereocenters. The summed E-state index contributed by atoms with van der Waals surface area (Å²) in [5.41, 5.74) is -1.14. The predicted octanol–water partition coefficient (Wildman–Crippen LogP) is 3.58. The van der Waals surface area contributed by atoms with Crippen LogP contribution in [0.3, 0.4) is 0 Å². The summed E-state index contributed by atoms with van der Waals surface area (Å²) in [6.07, 6.45) is 6.01. The summed E-state index contributed by atoms with van der Waals surface area (Å²) in [5, 5.41) is 0. The molecule has 28 heavy (non-hydrogen) atoms. The summed E-state index contributed by atoms with van der Waals surface area (Å²) in [4.78, 5) is 37.5. The molecule has 1 unspecified atom stereocenters. The van der Waals surface area contributed by atoms with Gasteiger partial charge in [-0.25, -0.2) is 0 Å². The number of Topliss-reactive ketones (excluding diaryl/α,β-unsaturated/α-hetero) is 1. The second-order valence-electron chi connectivity index (χ2n) is 9.24. The Balaban J connectivity index is 1.77. The van der Waals surface area contributed by atoms with Gasteiger partial charge in [0.25, 0.3) is 0 Å². The highest BCUT2D eigenvalue weighted by Gasteiger charge is 2.74. The first-order valence-electron chi connectivity index (χ1n) is 10.0. The molecule has 3 aliphatic rings. The number of hydrogen-bond donors (Lipinski definition) is 0. The number of epoxide rings is 1. The Morgan fingerprint density at radius 3 is 2.68 bits per heavy atom. The number of ketones is 1. The summed E-state index contributed by atoms with van der Waals surface area (Å²) < 4.78 is 16.8. The molecule has 0 N–H and O–H groups in total. The minimum Gasteiger partial charge on any atom is -0.472 e. The lowest BCUT2D eigenvalue weighted by atomic mass is 9.43. The molecule has 6 heteroatoms. The largest absolute Gasteiger partial charge is 0.472 e. The van der Waals surface area contributed by atoms with Crippen LogP contribution in [0.4, 0.5) is 0 Å². The lowest BCUT2D eigenvalue weighted by Crippen LogP contribution is -2.62. The van der Waals surface area contributed by atoms with Crippen LogP contribution in [0.15, 0.2) is 23.0 Å². The summed E-state index contributed by atoms with van der Waals surface area (Å²) >= 11 is 0. The molecule has 152 valence electrons. The highest BCUT2D eigenvalue weighted by molar-refractivity contribution is 5.97. The quantitative estimate of drug-likeness (QED) is 0.332. The molecule has 1 saturated heterocycles. The van der Waals surface area contributed by atoms with Crippen molar-refractivity contribution in [3.8, 4) is 0 Å². The lowest BCUT2D eigenvalue weighted by Gasteiger charge is -2.59. The van der Waals surface area contributed by atoms with Crippen LogP contribution in [0, 0.1) is 22.7 Å². The van der Waals surface area contributed by atoms with E-state index in [1.807, 2.05) is 6.92 Å². The van der Waals surface area contributed by atoms with Crippen molar-refractivity contribution in [1.82, 2.24) is 0 Å². The molecule has 1 aliphatic heterocycles. The van der Waals surface area contributed by atoms with Gasteiger partial charge in [0.2, 0.25) is 0 Å². The molecule has 2 aliphatic carbocycles. The molecule has 0 radical (unpaired) electrons. The molecule has 1 aromatic heterocycles. The van der Waals surface area contributed by atoms with Crippen molar-refractivity contribution in [2.75, 3.05) is 0 Å². The number of ether oxygens (including phenoxy) is 2. The van der Waals surface area contributed by atoms with Crippen molar-refractivity contribution in [1.29, 1.82) is 0 Å². The third-order valence-electron chi connectivity index (χ3n) is 8.09. The first-order chi connectivity index (χ1) is 13.2. The van der Waals surface area contributed by atoms with Gasteiger partial charge in [-0.05, 0) is 38.2 Å². The SMILES string of the molecule is CC(=O)O[C@@H]1C[C@@]2(C)[C@@H](CCC3O[C@]32C)[C@](C=O)(CC(=O)c2ccoc2)[C@H]1C. The highest BCUT2D eigenvalue weighted by Crippen LogP contribution is 2.70. The van der Waals surface area contributed by atoms with Crippen molar-refractivity contribution in [3.63, 3.8) is 0 Å². The summed E-state index contributed by atoms with van der Waals surface area (Å²) in [5.74, 6) is -0.766. The number of rotatable bonds is 5. The van der Waals surface area contributed by atoms with Crippen LogP contribution < -0.4 is 0 Å². The monoisotopic (exact) mass is 388 g/mol. The van der Waals surface area contributed by atoms with Crippen LogP contribution in [-0.4, -0.2) is 35.8 Å². The van der Waals surface area contributed by atoms with Gasteiger partial charge in [-0.3, -0.25) is 9.59 Å². The van der Waals surface area contributed by atoms with Crippen LogP contribution in [0.1, 0.15) is 63.7 Å². The Kier molecular flexibility index (Phi) is 4.34. The number of esters is 1. The van der Waals surface area contributed by atoms with Crippen LogP contribution in [0.5, 0.6) is 0 Å². The number of carbonyl (C=O) groups is 3. The standard InChI is InChI=1S/C22H28O6/c1-13-17(27-14(2)24)10-20(3)18(5-6-19-21(20,4)28-19)22(13,12-23)9-16(25)15-7-8-26-11-15/h7-8,11-13,17-19H,5-6,9-10H2,1-4H3/t13-,17+,18+,19?,20-,21+,22-/m0/s1. The zero-order valence-corrected chi connectivity index (χ0v) is 16.9. The van der Waals surface area contributed by atoms with Crippen molar-refractivity contribution < 1.29 is 28.3 Å². The number of aldehydes is 1. The molecule has 1 aromatic rings. The van der Waals surface area contributed by atoms with Gasteiger partial charge in [-0.2, -0.15) is 0 Å². The second-order valence-corrected chi connectivity index (χ2v) is 9.24. The van der Waals surface area contributed by atoms with E-state index in [9.17, 15) is 14.4 Å². The van der Waals surface area contributed by atoms with Gasteiger partial charge in [0.15, 0.2) is 5.78 Å². The number of furan rings is 1. The van der Waals surface area contributed by atoms with E-state index in [0.29, 0.717) is 12.0 Å². The zero-order chi connectivity index (χ0) is 20.3. The Morgan fingerprint density at radius 2 is 2.07 bits per heavy atom. The molecule has 0 aromatic carbocycles. The van der Waals surface area contributed by atoms with Gasteiger partial charge in [0.1, 0.15) is 18.7 Å². The van der Waals surface area contributed by atoms with Crippen LogP contribution >= 0.6 is 0 Å². The van der Waals surface area contributed by atoms with Crippen molar-refractivity contribution in [2.45, 2.75) is 71.2 Å². The van der Waals surface area contributed by atoms with E-state index in [1.54, 1.807) is 6.07 Å². The number of carbonyl (C=O) groups excluding carboxylic acids is 3. The normalized spacial score (nSPS) is 44.1. The molecule has 2 heterocycles. The lowest BCUT2D eigenvalue weighted by molar-refractivity contribution is -0.184. The molecule has 2 saturated carbocycles. The minimum atomic E-state index is -0.915. The number of fused-ring (bicyclic) bond motifs is 3. The Bertz CT molecular complexity index is 800. The summed E-state index contributed by atoms with van der Waals surface area (Å²) in [6.45, 7) is 7.56. The highest BCUT2D eigenvalue weighted by atomic mass is 16.6. The van der Waals surface area contributed by atoms with E-state index in [2.05, 4.69) is 13.8 Å². The fraction of sp³-hybridized carbons (Fsp3) is 0.682. The maximum absolute atomic E-state index is 13.0. The van der Waals surface area contributed by atoms with Gasteiger partial charge in [-0.15, -0.1) is 0 Å². The maximum atomic E-state index is 13.0. The molecule has 4 rings (SSSR count). The molecule has 6 nitrogen and oxygen atoms in total. The Labute approximate surface area is 164 Å². The van der Waals surface area contributed by atoms with Crippen molar-refractivity contribution in [3.05, 3.63) is 24.2 Å². The van der Waals surface area contributed by atoms with Gasteiger partial charge in [0, 0.05) is 30.1 Å². The molecular formula is C22H28O6. The second kappa shape index (κ2) is 6.28. The predicted molar refractivity (Wildman–Crippen MR) is 99.6 cm³/mol. The van der Waals surface area contributed by atoms with Gasteiger partial charge < -0.3 is 18.7 Å². The van der Waals surface area contributed by atoms with Gasteiger partial charge in [-0.1, -0.05) is 13.8 Å². The molecule has 0 bridgehead atoms. The van der Waals surface area contributed by atoms with E-state index in [0.717, 1.165) is 19.1 Å². The topological polar surface area (TPSA) is 86.1 Å². The molecule has 0 spiro atoms. The minimum absolute atomic E-state index is 0.0149. The zero-order valence-electron chi connectivity index (χ0n) is 16.9. The summed E-state index contributed by atoms with van der Waals surface area (Å²) in [6, 6.07) is 1.62. The summed E-state index contributed by atoms with van der Waals surface area (Å²) in [7, 11) is 0. The maximum Gasteiger partial charge on any atom is 0.302 e. The van der Waals surface area contributed by atoms with Crippen molar-refractivity contribution in [2.24, 2.45) is 22.7 Å². The average Bonchev–Trinajstić information content (AvgIpc) is 3.07. The third kappa shape index (κ3) is 2.53. The number of hydrogen-bond acceptors (Lipinski definition) is 6. The fourth-order valence-electron chi connectivity index (χ4n) is 6.22. The third-order valence-corrected chi connectivity index (χ3v) is 8.09. The molecular weight excluding hydrogens is 360 g/mol. The van der Waals surface area contributed by atoms with Gasteiger partial charge in [0.05, 0.1) is 23.5 Å². The van der Waals surface area contributed by atoms with E-state index >= 15 is 0 Å². The smallest absolute Gasteiger partial charge is 0.302 e. The van der Waals surface area contributed by atoms with Crippen molar-refractivity contribution >= 4 is 18.0 Å². The first-order valence-corrected chi connectivity index (χ1v) is 10.0. The Hall–Kier alpha value is -1.95. The average molecular weight is 388 g/mol. The van der Waals surface area contributed by atoms with Crippen LogP contribution in [0.2, 0.25) is 0 Å².